The second-order valence-corrected chi connectivity index (χ2v) is 6.19. The number of aryl methyl sites for hydroxylation is 1. The maximum absolute atomic E-state index is 11.3. The Morgan fingerprint density at radius 3 is 2.76 bits per heavy atom. The van der Waals surface area contributed by atoms with Crippen molar-refractivity contribution in [1.29, 1.82) is 0 Å². The van der Waals surface area contributed by atoms with Crippen LogP contribution >= 0.6 is 0 Å². The summed E-state index contributed by atoms with van der Waals surface area (Å²) < 4.78 is 1.58. The molecule has 2 N–H and O–H groups in total. The van der Waals surface area contributed by atoms with E-state index in [2.05, 4.69) is 36.1 Å². The number of carbonyl (C=O) groups excluding carboxylic acids is 1. The molecule has 7 heteroatoms. The highest BCUT2D eigenvalue weighted by Crippen LogP contribution is 2.20. The van der Waals surface area contributed by atoms with Crippen LogP contribution in [0.2, 0.25) is 0 Å². The van der Waals surface area contributed by atoms with Crippen LogP contribution < -0.4 is 10.6 Å². The molecule has 0 fully saturated rings. The number of hydrogen-bond donors (Lipinski definition) is 1. The highest BCUT2D eigenvalue weighted by Gasteiger charge is 2.19. The molecule has 0 aromatic carbocycles. The lowest BCUT2D eigenvalue weighted by Crippen LogP contribution is -2.31. The monoisotopic (exact) mass is 288 g/mol. The fraction of sp³-hybridized carbons (Fsp3) is 0.429. The van der Waals surface area contributed by atoms with E-state index in [1.165, 1.54) is 0 Å². The van der Waals surface area contributed by atoms with Crippen LogP contribution in [0.5, 0.6) is 0 Å². The zero-order valence-electron chi connectivity index (χ0n) is 12.7. The van der Waals surface area contributed by atoms with E-state index in [0.29, 0.717) is 18.1 Å². The number of nitrogens with two attached hydrogens (primary N) is 1. The second-order valence-electron chi connectivity index (χ2n) is 6.19. The number of aromatic nitrogens is 4. The number of anilines is 2. The number of nitrogen functional groups attached to an aromatic ring is 1. The lowest BCUT2D eigenvalue weighted by molar-refractivity contribution is -0.107. The molecule has 0 saturated heterocycles. The van der Waals surface area contributed by atoms with Crippen molar-refractivity contribution in [3.8, 4) is 5.69 Å². The first-order valence-corrected chi connectivity index (χ1v) is 6.67. The van der Waals surface area contributed by atoms with E-state index >= 15 is 0 Å². The molecule has 0 bridgehead atoms. The zero-order valence-corrected chi connectivity index (χ0v) is 12.7. The summed E-state index contributed by atoms with van der Waals surface area (Å²) in [5.41, 5.74) is 7.80. The van der Waals surface area contributed by atoms with Crippen molar-refractivity contribution in [3.63, 3.8) is 0 Å². The average molecular weight is 288 g/mol. The van der Waals surface area contributed by atoms with E-state index < -0.39 is 0 Å². The van der Waals surface area contributed by atoms with Crippen molar-refractivity contribution in [3.05, 3.63) is 24.2 Å². The fourth-order valence-electron chi connectivity index (χ4n) is 1.96. The van der Waals surface area contributed by atoms with Gasteiger partial charge in [0.1, 0.15) is 0 Å². The molecule has 1 amide bonds. The van der Waals surface area contributed by atoms with Gasteiger partial charge in [-0.2, -0.15) is 0 Å². The van der Waals surface area contributed by atoms with Gasteiger partial charge in [-0.3, -0.25) is 14.7 Å². The van der Waals surface area contributed by atoms with Gasteiger partial charge >= 0.3 is 0 Å². The Morgan fingerprint density at radius 2 is 2.14 bits per heavy atom. The molecule has 2 rings (SSSR count). The van der Waals surface area contributed by atoms with Crippen LogP contribution in [0.25, 0.3) is 5.69 Å². The molecule has 0 aliphatic carbocycles. The maximum atomic E-state index is 11.3. The number of amides is 1. The summed E-state index contributed by atoms with van der Waals surface area (Å²) in [6, 6.07) is 1.77. The summed E-state index contributed by atoms with van der Waals surface area (Å²) in [5.74, 6) is 0.502. The Bertz CT molecular complexity index is 643. The van der Waals surface area contributed by atoms with Gasteiger partial charge in [0.25, 0.3) is 0 Å². The third kappa shape index (κ3) is 3.56. The Morgan fingerprint density at radius 1 is 1.43 bits per heavy atom. The predicted molar refractivity (Wildman–Crippen MR) is 81.2 cm³/mol. The van der Waals surface area contributed by atoms with Crippen LogP contribution in [0.4, 0.5) is 11.5 Å². The molecular weight excluding hydrogens is 268 g/mol. The van der Waals surface area contributed by atoms with Crippen molar-refractivity contribution in [2.75, 3.05) is 17.2 Å². The van der Waals surface area contributed by atoms with E-state index in [9.17, 15) is 4.79 Å². The molecular formula is C14H20N6O. The molecule has 0 unspecified atom stereocenters. The van der Waals surface area contributed by atoms with E-state index in [0.717, 1.165) is 17.8 Å². The molecule has 0 aliphatic heterocycles. The molecule has 112 valence electrons. The number of carbonyl (C=O) groups is 1. The van der Waals surface area contributed by atoms with Gasteiger partial charge in [-0.15, -0.1) is 5.10 Å². The molecule has 0 aliphatic rings. The first-order chi connectivity index (χ1) is 9.80. The minimum absolute atomic E-state index is 0.0284. The van der Waals surface area contributed by atoms with Crippen molar-refractivity contribution in [2.45, 2.75) is 27.7 Å². The van der Waals surface area contributed by atoms with E-state index in [4.69, 9.17) is 5.73 Å². The van der Waals surface area contributed by atoms with E-state index in [1.54, 1.807) is 28.0 Å². The third-order valence-electron chi connectivity index (χ3n) is 2.88. The van der Waals surface area contributed by atoms with E-state index in [1.807, 2.05) is 6.92 Å². The van der Waals surface area contributed by atoms with Gasteiger partial charge in [0, 0.05) is 6.54 Å². The predicted octanol–water partition coefficient (Wildman–Crippen LogP) is 1.56. The van der Waals surface area contributed by atoms with Gasteiger partial charge in [0.05, 0.1) is 29.5 Å². The summed E-state index contributed by atoms with van der Waals surface area (Å²) in [6.45, 7) is 8.59. The maximum Gasteiger partial charge on any atom is 0.215 e. The minimum Gasteiger partial charge on any atom is -0.397 e. The number of nitrogens with zero attached hydrogens (tertiary/aromatic N) is 5. The summed E-state index contributed by atoms with van der Waals surface area (Å²) in [4.78, 5) is 17.0. The molecule has 0 atom stereocenters. The van der Waals surface area contributed by atoms with Crippen LogP contribution in [0, 0.1) is 12.3 Å². The van der Waals surface area contributed by atoms with Crippen molar-refractivity contribution >= 4 is 17.9 Å². The second kappa shape index (κ2) is 5.51. The Balaban J connectivity index is 2.32. The fourth-order valence-corrected chi connectivity index (χ4v) is 1.96. The SMILES string of the molecule is Cc1ncc(N)cc1-n1cc(N(C=O)CC(C)(C)C)nn1. The van der Waals surface area contributed by atoms with Crippen molar-refractivity contribution in [1.82, 2.24) is 20.0 Å². The van der Waals surface area contributed by atoms with E-state index in [-0.39, 0.29) is 5.41 Å². The van der Waals surface area contributed by atoms with Gasteiger partial charge in [-0.1, -0.05) is 26.0 Å². The molecule has 2 aromatic heterocycles. The first kappa shape index (κ1) is 15.0. The highest BCUT2D eigenvalue weighted by atomic mass is 16.1. The van der Waals surface area contributed by atoms with Crippen molar-refractivity contribution in [2.24, 2.45) is 5.41 Å². The highest BCUT2D eigenvalue weighted by molar-refractivity contribution is 5.72. The lowest BCUT2D eigenvalue weighted by atomic mass is 9.96. The molecule has 2 heterocycles. The van der Waals surface area contributed by atoms with Gasteiger partial charge in [0.15, 0.2) is 5.82 Å². The zero-order chi connectivity index (χ0) is 15.6. The summed E-state index contributed by atoms with van der Waals surface area (Å²) in [7, 11) is 0. The molecule has 7 nitrogen and oxygen atoms in total. The number of hydrogen-bond acceptors (Lipinski definition) is 5. The topological polar surface area (TPSA) is 89.9 Å². The largest absolute Gasteiger partial charge is 0.397 e. The van der Waals surface area contributed by atoms with Gasteiger partial charge in [-0.05, 0) is 18.4 Å². The summed E-state index contributed by atoms with van der Waals surface area (Å²) >= 11 is 0. The Labute approximate surface area is 123 Å². The van der Waals surface area contributed by atoms with Crippen LogP contribution in [0.3, 0.4) is 0 Å². The number of pyridine rings is 1. The summed E-state index contributed by atoms with van der Waals surface area (Å²) in [6.07, 6.45) is 4.06. The minimum atomic E-state index is -0.0284. The summed E-state index contributed by atoms with van der Waals surface area (Å²) in [5, 5.41) is 8.12. The molecule has 0 saturated carbocycles. The van der Waals surface area contributed by atoms with Crippen LogP contribution in [0.1, 0.15) is 26.5 Å². The first-order valence-electron chi connectivity index (χ1n) is 6.67. The quantitative estimate of drug-likeness (QED) is 0.862. The van der Waals surface area contributed by atoms with Crippen LogP contribution in [-0.2, 0) is 4.79 Å². The Kier molecular flexibility index (Phi) is 3.93. The Hall–Kier alpha value is -2.44. The lowest BCUT2D eigenvalue weighted by Gasteiger charge is -2.24. The van der Waals surface area contributed by atoms with Gasteiger partial charge in [-0.25, -0.2) is 4.68 Å². The van der Waals surface area contributed by atoms with Crippen LogP contribution in [-0.4, -0.2) is 32.9 Å². The number of rotatable bonds is 4. The van der Waals surface area contributed by atoms with Gasteiger partial charge in [0.2, 0.25) is 6.41 Å². The van der Waals surface area contributed by atoms with Crippen LogP contribution in [0.15, 0.2) is 18.5 Å². The molecule has 2 aromatic rings. The molecule has 21 heavy (non-hydrogen) atoms. The standard InChI is InChI=1S/C14H20N6O/c1-10-12(5-11(15)6-16-10)20-7-13(17-18-20)19(9-21)8-14(2,3)4/h5-7,9H,8,15H2,1-4H3. The smallest absolute Gasteiger partial charge is 0.215 e. The third-order valence-corrected chi connectivity index (χ3v) is 2.88. The average Bonchev–Trinajstić information content (AvgIpc) is 2.87. The van der Waals surface area contributed by atoms with Gasteiger partial charge < -0.3 is 5.73 Å². The normalized spacial score (nSPS) is 11.4. The molecule has 0 radical (unpaired) electrons. The molecule has 0 spiro atoms. The van der Waals surface area contributed by atoms with Crippen molar-refractivity contribution < 1.29 is 4.79 Å².